The third-order valence-corrected chi connectivity index (χ3v) is 4.08. The molecule has 2 heteroatoms. The Morgan fingerprint density at radius 2 is 1.29 bits per heavy atom. The zero-order chi connectivity index (χ0) is 17.6. The number of hydrogen-bond acceptors (Lipinski definition) is 2. The molecule has 2 N–H and O–H groups in total. The number of phenolic OH excluding ortho intramolecular Hbond substituents is 2. The molecule has 2 rings (SSSR count). The molecule has 0 saturated carbocycles. The lowest BCUT2D eigenvalue weighted by Gasteiger charge is -2.11. The van der Waals surface area contributed by atoms with E-state index < -0.39 is 0 Å². The molecule has 2 aromatic carbocycles. The monoisotopic (exact) mass is 328 g/mol. The Morgan fingerprint density at radius 1 is 0.667 bits per heavy atom. The van der Waals surface area contributed by atoms with Crippen molar-refractivity contribution in [3.05, 3.63) is 59.7 Å². The van der Waals surface area contributed by atoms with E-state index >= 15 is 0 Å². The van der Waals surface area contributed by atoms with Crippen LogP contribution < -0.4 is 0 Å². The first-order chi connectivity index (χ1) is 11.7. The van der Waals surface area contributed by atoms with Crippen LogP contribution in [0, 0.1) is 0 Å². The molecular weight excluding hydrogens is 296 g/mol. The fourth-order valence-corrected chi connectivity index (χ4v) is 2.69. The Labute approximate surface area is 147 Å². The number of hydrogen-bond donors (Lipinski definition) is 2. The maximum absolute atomic E-state index is 9.95. The third-order valence-electron chi connectivity index (χ3n) is 4.08. The zero-order valence-corrected chi connectivity index (χ0v) is 15.2. The van der Waals surface area contributed by atoms with Crippen LogP contribution >= 0.6 is 0 Å². The van der Waals surface area contributed by atoms with E-state index in [0.29, 0.717) is 11.5 Å². The van der Waals surface area contributed by atoms with E-state index in [1.807, 2.05) is 18.2 Å². The van der Waals surface area contributed by atoms with Crippen LogP contribution in [0.3, 0.4) is 0 Å². The molecule has 0 amide bonds. The number of benzene rings is 2. The van der Waals surface area contributed by atoms with Crippen molar-refractivity contribution in [2.75, 3.05) is 0 Å². The number of rotatable bonds is 8. The molecule has 0 aromatic heterocycles. The first-order valence-electron chi connectivity index (χ1n) is 9.22. The summed E-state index contributed by atoms with van der Waals surface area (Å²) in [6, 6.07) is 14.7. The molecule has 0 bridgehead atoms. The van der Waals surface area contributed by atoms with Gasteiger partial charge in [0.05, 0.1) is 0 Å². The van der Waals surface area contributed by atoms with Crippen LogP contribution in [-0.2, 0) is 12.8 Å². The molecule has 0 unspecified atom stereocenters. The lowest BCUT2D eigenvalue weighted by molar-refractivity contribution is 0.465. The topological polar surface area (TPSA) is 40.5 Å². The minimum Gasteiger partial charge on any atom is -0.508 e. The molecule has 0 spiro atoms. The lowest BCUT2D eigenvalue weighted by atomic mass is 9.96. The summed E-state index contributed by atoms with van der Waals surface area (Å²) in [5.41, 5.74) is 2.55. The summed E-state index contributed by atoms with van der Waals surface area (Å²) in [5.74, 6) is 0.817. The fourth-order valence-electron chi connectivity index (χ4n) is 2.69. The molecule has 0 aliphatic rings. The molecule has 132 valence electrons. The van der Waals surface area contributed by atoms with Crippen molar-refractivity contribution in [2.45, 2.75) is 65.2 Å². The fraction of sp³-hybridized carbons (Fsp3) is 0.455. The number of unbranched alkanes of at least 4 members (excludes halogenated alkanes) is 4. The molecule has 2 aromatic rings. The smallest absolute Gasteiger partial charge is 0.119 e. The van der Waals surface area contributed by atoms with Gasteiger partial charge >= 0.3 is 0 Å². The van der Waals surface area contributed by atoms with Gasteiger partial charge in [0.1, 0.15) is 11.5 Å². The number of aromatic hydroxyl groups is 2. The number of para-hydroxylation sites is 1. The Kier molecular flexibility index (Phi) is 10.4. The molecule has 0 aliphatic carbocycles. The summed E-state index contributed by atoms with van der Waals surface area (Å²) in [4.78, 5) is 0. The van der Waals surface area contributed by atoms with Gasteiger partial charge < -0.3 is 10.2 Å². The van der Waals surface area contributed by atoms with Crippen molar-refractivity contribution in [2.24, 2.45) is 0 Å². The van der Waals surface area contributed by atoms with Crippen molar-refractivity contribution in [3.8, 4) is 11.5 Å². The summed E-state index contributed by atoms with van der Waals surface area (Å²) in [6.07, 6.45) is 9.59. The van der Waals surface area contributed by atoms with E-state index in [4.69, 9.17) is 5.11 Å². The normalized spacial score (nSPS) is 10.1. The average Bonchev–Trinajstić information content (AvgIpc) is 2.59. The summed E-state index contributed by atoms with van der Waals surface area (Å²) < 4.78 is 0. The molecule has 0 heterocycles. The molecule has 0 atom stereocenters. The zero-order valence-electron chi connectivity index (χ0n) is 15.2. The van der Waals surface area contributed by atoms with Gasteiger partial charge in [0.25, 0.3) is 0 Å². The maximum Gasteiger partial charge on any atom is 0.119 e. The van der Waals surface area contributed by atoms with Gasteiger partial charge in [-0.1, -0.05) is 69.9 Å². The van der Waals surface area contributed by atoms with Crippen molar-refractivity contribution >= 4 is 0 Å². The minimum absolute atomic E-state index is 0.322. The molecule has 0 fully saturated rings. The largest absolute Gasteiger partial charge is 0.508 e. The van der Waals surface area contributed by atoms with Crippen LogP contribution in [0.25, 0.3) is 0 Å². The van der Waals surface area contributed by atoms with Gasteiger partial charge in [0, 0.05) is 0 Å². The SMILES string of the molecule is CCCCCc1cccc(O)c1CCCCC.Oc1ccccc1. The van der Waals surface area contributed by atoms with Crippen molar-refractivity contribution in [1.29, 1.82) is 0 Å². The molecule has 24 heavy (non-hydrogen) atoms. The standard InChI is InChI=1S/C16H26O.C6H6O/c1-3-5-7-10-14-11-9-13-16(17)15(14)12-8-6-4-2;7-6-4-2-1-3-5-6/h9,11,13,17H,3-8,10,12H2,1-2H3;1-5,7H. The van der Waals surface area contributed by atoms with Crippen LogP contribution in [0.4, 0.5) is 0 Å². The predicted octanol–water partition coefficient (Wildman–Crippen LogP) is 6.25. The van der Waals surface area contributed by atoms with Crippen molar-refractivity contribution in [1.82, 2.24) is 0 Å². The Bertz CT molecular complexity index is 549. The van der Waals surface area contributed by atoms with Crippen LogP contribution in [0.1, 0.15) is 63.5 Å². The summed E-state index contributed by atoms with van der Waals surface area (Å²) in [6.45, 7) is 4.44. The van der Waals surface area contributed by atoms with E-state index in [-0.39, 0.29) is 0 Å². The van der Waals surface area contributed by atoms with E-state index in [1.165, 1.54) is 49.7 Å². The van der Waals surface area contributed by atoms with Gasteiger partial charge in [-0.3, -0.25) is 0 Å². The van der Waals surface area contributed by atoms with Crippen molar-refractivity contribution < 1.29 is 10.2 Å². The minimum atomic E-state index is 0.322. The highest BCUT2D eigenvalue weighted by molar-refractivity contribution is 5.39. The van der Waals surface area contributed by atoms with Gasteiger partial charge in [-0.2, -0.15) is 0 Å². The lowest BCUT2D eigenvalue weighted by Crippen LogP contribution is -1.96. The summed E-state index contributed by atoms with van der Waals surface area (Å²) >= 11 is 0. The summed E-state index contributed by atoms with van der Waals surface area (Å²) in [7, 11) is 0. The van der Waals surface area contributed by atoms with Crippen LogP contribution in [0.15, 0.2) is 48.5 Å². The van der Waals surface area contributed by atoms with E-state index in [0.717, 1.165) is 12.8 Å². The van der Waals surface area contributed by atoms with E-state index in [2.05, 4.69) is 19.9 Å². The Balaban J connectivity index is 0.000000341. The van der Waals surface area contributed by atoms with Crippen LogP contribution in [0.2, 0.25) is 0 Å². The first kappa shape index (κ1) is 20.1. The number of aryl methyl sites for hydroxylation is 1. The molecule has 2 nitrogen and oxygen atoms in total. The predicted molar refractivity (Wildman–Crippen MR) is 103 cm³/mol. The quantitative estimate of drug-likeness (QED) is 0.562. The molecule has 0 saturated heterocycles. The molecular formula is C22H32O2. The number of phenols is 2. The first-order valence-corrected chi connectivity index (χ1v) is 9.22. The van der Waals surface area contributed by atoms with Gasteiger partial charge in [-0.25, -0.2) is 0 Å². The average molecular weight is 328 g/mol. The Morgan fingerprint density at radius 3 is 1.83 bits per heavy atom. The second-order valence-electron chi connectivity index (χ2n) is 6.16. The second kappa shape index (κ2) is 12.5. The van der Waals surface area contributed by atoms with Gasteiger partial charge in [-0.05, 0) is 55.0 Å². The van der Waals surface area contributed by atoms with Gasteiger partial charge in [0.15, 0.2) is 0 Å². The second-order valence-corrected chi connectivity index (χ2v) is 6.16. The Hall–Kier alpha value is -1.96. The van der Waals surface area contributed by atoms with Gasteiger partial charge in [-0.15, -0.1) is 0 Å². The highest BCUT2D eigenvalue weighted by atomic mass is 16.3. The summed E-state index contributed by atoms with van der Waals surface area (Å²) in [5, 5.41) is 18.6. The van der Waals surface area contributed by atoms with E-state index in [1.54, 1.807) is 24.3 Å². The highest BCUT2D eigenvalue weighted by Gasteiger charge is 2.06. The van der Waals surface area contributed by atoms with Crippen molar-refractivity contribution in [3.63, 3.8) is 0 Å². The van der Waals surface area contributed by atoms with Gasteiger partial charge in [0.2, 0.25) is 0 Å². The van der Waals surface area contributed by atoms with Crippen LogP contribution in [0.5, 0.6) is 11.5 Å². The van der Waals surface area contributed by atoms with Crippen LogP contribution in [-0.4, -0.2) is 10.2 Å². The van der Waals surface area contributed by atoms with E-state index in [9.17, 15) is 5.11 Å². The third kappa shape index (κ3) is 8.05. The molecule has 0 aliphatic heterocycles. The molecule has 0 radical (unpaired) electrons. The highest BCUT2D eigenvalue weighted by Crippen LogP contribution is 2.25. The maximum atomic E-state index is 9.95.